The summed E-state index contributed by atoms with van der Waals surface area (Å²) in [7, 11) is 0. The first-order valence-corrected chi connectivity index (χ1v) is 8.59. The quantitative estimate of drug-likeness (QED) is 0.593. The lowest BCUT2D eigenvalue weighted by Gasteiger charge is -2.22. The lowest BCUT2D eigenvalue weighted by molar-refractivity contribution is 0.0283. The Kier molecular flexibility index (Phi) is 6.85. The number of nitrogens with one attached hydrogen (secondary N) is 2. The fraction of sp³-hybridized carbons (Fsp3) is 0.611. The molecule has 2 N–H and O–H groups in total. The summed E-state index contributed by atoms with van der Waals surface area (Å²) >= 11 is 0. The third-order valence-corrected chi connectivity index (χ3v) is 3.92. The summed E-state index contributed by atoms with van der Waals surface area (Å²) in [6.45, 7) is 8.93. The summed E-state index contributed by atoms with van der Waals surface area (Å²) in [5.41, 5.74) is -0.154. The van der Waals surface area contributed by atoms with E-state index in [1.165, 1.54) is 12.1 Å². The summed E-state index contributed by atoms with van der Waals surface area (Å²) < 4.78 is 24.4. The van der Waals surface area contributed by atoms with E-state index >= 15 is 0 Å². The summed E-state index contributed by atoms with van der Waals surface area (Å²) in [5, 5.41) is 6.51. The highest BCUT2D eigenvalue weighted by molar-refractivity contribution is 5.79. The molecule has 1 heterocycles. The molecule has 1 fully saturated rings. The van der Waals surface area contributed by atoms with Crippen molar-refractivity contribution in [3.8, 4) is 5.75 Å². The Bertz CT molecular complexity index is 528. The number of guanidine groups is 1. The van der Waals surface area contributed by atoms with Crippen molar-refractivity contribution in [1.29, 1.82) is 0 Å². The average molecular weight is 337 g/mol. The van der Waals surface area contributed by atoms with Crippen molar-refractivity contribution in [3.63, 3.8) is 0 Å². The molecule has 0 spiro atoms. The van der Waals surface area contributed by atoms with Crippen LogP contribution in [0.25, 0.3) is 0 Å². The largest absolute Gasteiger partial charge is 0.489 e. The molecule has 0 radical (unpaired) electrons. The number of rotatable bonds is 7. The van der Waals surface area contributed by atoms with Gasteiger partial charge in [0, 0.05) is 13.2 Å². The lowest BCUT2D eigenvalue weighted by Crippen LogP contribution is -2.43. The molecule has 134 valence electrons. The van der Waals surface area contributed by atoms with E-state index in [2.05, 4.69) is 22.5 Å². The van der Waals surface area contributed by atoms with E-state index < -0.39 is 0 Å². The number of aliphatic imine (C=N–C) groups is 1. The van der Waals surface area contributed by atoms with Crippen LogP contribution in [0.3, 0.4) is 0 Å². The molecule has 1 aliphatic rings. The predicted octanol–water partition coefficient (Wildman–Crippen LogP) is 2.72. The van der Waals surface area contributed by atoms with Crippen molar-refractivity contribution in [2.75, 3.05) is 26.2 Å². The van der Waals surface area contributed by atoms with Crippen LogP contribution in [-0.4, -0.2) is 43.9 Å². The van der Waals surface area contributed by atoms with Gasteiger partial charge in [0.2, 0.25) is 0 Å². The normalized spacial score (nSPS) is 22.2. The van der Waals surface area contributed by atoms with E-state index in [0.717, 1.165) is 32.0 Å². The Morgan fingerprint density at radius 2 is 2.12 bits per heavy atom. The second-order valence-electron chi connectivity index (χ2n) is 6.36. The van der Waals surface area contributed by atoms with Crippen LogP contribution in [0.1, 0.15) is 33.6 Å². The molecule has 5 nitrogen and oxygen atoms in total. The standard InChI is InChI=1S/C18H28FN3O2/c1-4-20-17(22-13-18(3)10-5-11-23-18)21-12-14(2)24-16-8-6-15(19)7-9-16/h6-9,14H,4-5,10-13H2,1-3H3,(H2,20,21,22). The van der Waals surface area contributed by atoms with Gasteiger partial charge in [-0.25, -0.2) is 4.39 Å². The van der Waals surface area contributed by atoms with Gasteiger partial charge in [0.05, 0.1) is 18.7 Å². The van der Waals surface area contributed by atoms with E-state index in [-0.39, 0.29) is 17.5 Å². The molecule has 6 heteroatoms. The molecule has 2 atom stereocenters. The molecule has 0 aromatic heterocycles. The molecule has 0 bridgehead atoms. The summed E-state index contributed by atoms with van der Waals surface area (Å²) in [6, 6.07) is 6.04. The number of nitrogens with zero attached hydrogens (tertiary/aromatic N) is 1. The van der Waals surface area contributed by atoms with Crippen LogP contribution in [0.4, 0.5) is 4.39 Å². The van der Waals surface area contributed by atoms with Crippen molar-refractivity contribution in [2.24, 2.45) is 4.99 Å². The van der Waals surface area contributed by atoms with Crippen molar-refractivity contribution in [3.05, 3.63) is 30.1 Å². The Morgan fingerprint density at radius 3 is 2.75 bits per heavy atom. The van der Waals surface area contributed by atoms with Gasteiger partial charge in [0.15, 0.2) is 5.96 Å². The van der Waals surface area contributed by atoms with E-state index in [9.17, 15) is 4.39 Å². The van der Waals surface area contributed by atoms with E-state index in [1.54, 1.807) is 12.1 Å². The van der Waals surface area contributed by atoms with Gasteiger partial charge in [-0.2, -0.15) is 0 Å². The highest BCUT2D eigenvalue weighted by Crippen LogP contribution is 2.24. The van der Waals surface area contributed by atoms with Crippen molar-refractivity contribution in [1.82, 2.24) is 10.6 Å². The van der Waals surface area contributed by atoms with Gasteiger partial charge in [-0.3, -0.25) is 4.99 Å². The fourth-order valence-corrected chi connectivity index (χ4v) is 2.58. The van der Waals surface area contributed by atoms with Gasteiger partial charge in [0.25, 0.3) is 0 Å². The monoisotopic (exact) mass is 337 g/mol. The first-order valence-electron chi connectivity index (χ1n) is 8.59. The van der Waals surface area contributed by atoms with Gasteiger partial charge in [0.1, 0.15) is 17.7 Å². The number of benzene rings is 1. The maximum Gasteiger partial charge on any atom is 0.191 e. The van der Waals surface area contributed by atoms with Crippen LogP contribution in [0.15, 0.2) is 29.3 Å². The SMILES string of the molecule is CCNC(=NCC1(C)CCCO1)NCC(C)Oc1ccc(F)cc1. The van der Waals surface area contributed by atoms with Gasteiger partial charge in [-0.1, -0.05) is 0 Å². The number of ether oxygens (including phenoxy) is 2. The van der Waals surface area contributed by atoms with Crippen LogP contribution in [0.5, 0.6) is 5.75 Å². The van der Waals surface area contributed by atoms with Crippen LogP contribution < -0.4 is 15.4 Å². The zero-order chi connectivity index (χ0) is 17.4. The topological polar surface area (TPSA) is 54.9 Å². The van der Waals surface area contributed by atoms with Gasteiger partial charge in [-0.15, -0.1) is 0 Å². The number of halogens is 1. The minimum Gasteiger partial charge on any atom is -0.489 e. The zero-order valence-corrected chi connectivity index (χ0v) is 14.8. The van der Waals surface area contributed by atoms with Crippen LogP contribution in [-0.2, 0) is 4.74 Å². The predicted molar refractivity (Wildman–Crippen MR) is 94.1 cm³/mol. The van der Waals surface area contributed by atoms with Crippen molar-refractivity contribution < 1.29 is 13.9 Å². The third kappa shape index (κ3) is 6.00. The minimum atomic E-state index is -0.266. The second kappa shape index (κ2) is 8.87. The summed E-state index contributed by atoms with van der Waals surface area (Å²) in [6.07, 6.45) is 2.07. The van der Waals surface area contributed by atoms with Crippen molar-refractivity contribution in [2.45, 2.75) is 45.3 Å². The zero-order valence-electron chi connectivity index (χ0n) is 14.8. The lowest BCUT2D eigenvalue weighted by atomic mass is 10.0. The first-order chi connectivity index (χ1) is 11.5. The summed E-state index contributed by atoms with van der Waals surface area (Å²) in [5.74, 6) is 1.14. The Balaban J connectivity index is 1.82. The Morgan fingerprint density at radius 1 is 1.38 bits per heavy atom. The number of hydrogen-bond acceptors (Lipinski definition) is 3. The highest BCUT2D eigenvalue weighted by atomic mass is 19.1. The first kappa shape index (κ1) is 18.5. The average Bonchev–Trinajstić information content (AvgIpc) is 2.99. The third-order valence-electron chi connectivity index (χ3n) is 3.92. The highest BCUT2D eigenvalue weighted by Gasteiger charge is 2.29. The Labute approximate surface area is 143 Å². The van der Waals surface area contributed by atoms with E-state index in [0.29, 0.717) is 18.8 Å². The minimum absolute atomic E-state index is 0.0716. The second-order valence-corrected chi connectivity index (χ2v) is 6.36. The maximum absolute atomic E-state index is 12.9. The van der Waals surface area contributed by atoms with Gasteiger partial charge >= 0.3 is 0 Å². The molecule has 0 amide bonds. The summed E-state index contributed by atoms with van der Waals surface area (Å²) in [4.78, 5) is 4.62. The van der Waals surface area contributed by atoms with Gasteiger partial charge in [-0.05, 0) is 57.9 Å². The molecule has 1 aliphatic heterocycles. The molecule has 1 saturated heterocycles. The molecule has 1 aromatic rings. The van der Waals surface area contributed by atoms with E-state index in [4.69, 9.17) is 9.47 Å². The smallest absolute Gasteiger partial charge is 0.191 e. The Hall–Kier alpha value is -1.82. The maximum atomic E-state index is 12.9. The molecule has 1 aromatic carbocycles. The molecule has 2 rings (SSSR count). The van der Waals surface area contributed by atoms with Crippen molar-refractivity contribution >= 4 is 5.96 Å². The van der Waals surface area contributed by atoms with E-state index in [1.807, 2.05) is 13.8 Å². The van der Waals surface area contributed by atoms with Gasteiger partial charge < -0.3 is 20.1 Å². The molecular formula is C18H28FN3O2. The fourth-order valence-electron chi connectivity index (χ4n) is 2.58. The number of hydrogen-bond donors (Lipinski definition) is 2. The molecule has 24 heavy (non-hydrogen) atoms. The molecular weight excluding hydrogens is 309 g/mol. The van der Waals surface area contributed by atoms with Crippen LogP contribution >= 0.6 is 0 Å². The molecule has 0 aliphatic carbocycles. The molecule has 2 unspecified atom stereocenters. The van der Waals surface area contributed by atoms with Crippen LogP contribution in [0, 0.1) is 5.82 Å². The molecule has 0 saturated carbocycles. The van der Waals surface area contributed by atoms with Crippen LogP contribution in [0.2, 0.25) is 0 Å².